The summed E-state index contributed by atoms with van der Waals surface area (Å²) in [5, 5.41) is 1.91. The average molecular weight is 344 g/mol. The van der Waals surface area contributed by atoms with Crippen molar-refractivity contribution in [3.63, 3.8) is 0 Å². The molecule has 0 bridgehead atoms. The monoisotopic (exact) mass is 344 g/mol. The fourth-order valence-corrected chi connectivity index (χ4v) is 3.26. The number of nitrogens with one attached hydrogen (secondary N) is 1. The van der Waals surface area contributed by atoms with Crippen LogP contribution in [-0.4, -0.2) is 39.1 Å². The van der Waals surface area contributed by atoms with Crippen LogP contribution in [0, 0.1) is 0 Å². The Labute approximate surface area is 141 Å². The van der Waals surface area contributed by atoms with Crippen LogP contribution in [0.4, 0.5) is 13.2 Å². The highest BCUT2D eigenvalue weighted by Gasteiger charge is 2.31. The third-order valence-corrected chi connectivity index (χ3v) is 4.41. The number of alkyl halides is 3. The van der Waals surface area contributed by atoms with Crippen molar-refractivity contribution in [2.45, 2.75) is 12.6 Å². The Balaban J connectivity index is 1.69. The van der Waals surface area contributed by atoms with E-state index in [1.165, 1.54) is 0 Å². The predicted molar refractivity (Wildman–Crippen MR) is 90.8 cm³/mol. The van der Waals surface area contributed by atoms with Crippen molar-refractivity contribution in [1.82, 2.24) is 19.9 Å². The molecule has 7 heteroatoms. The number of nitrogens with zero attached hydrogens (tertiary/aromatic N) is 3. The number of halogens is 3. The van der Waals surface area contributed by atoms with Crippen molar-refractivity contribution in [2.75, 3.05) is 13.1 Å². The molecule has 3 aromatic heterocycles. The maximum absolute atomic E-state index is 12.6. The van der Waals surface area contributed by atoms with Gasteiger partial charge in [-0.25, -0.2) is 9.97 Å². The number of rotatable bonds is 3. The summed E-state index contributed by atoms with van der Waals surface area (Å²) in [6.07, 6.45) is 1.97. The molecule has 0 fully saturated rings. The van der Waals surface area contributed by atoms with Gasteiger partial charge in [-0.2, -0.15) is 13.2 Å². The number of hydrogen-bond donors (Lipinski definition) is 1. The summed E-state index contributed by atoms with van der Waals surface area (Å²) < 4.78 is 37.8. The minimum atomic E-state index is -4.24. The zero-order valence-corrected chi connectivity index (χ0v) is 13.3. The van der Waals surface area contributed by atoms with Crippen molar-refractivity contribution in [3.05, 3.63) is 54.6 Å². The standard InChI is InChI=1S/C18H15F3N4/c1-11(8-18(19,20)21)25-7-4-12(10-25)13-2-5-22-15-9-24-17-14(16(13)15)3-6-23-17/h2-6,9,22H,1,7-8,10H2. The van der Waals surface area contributed by atoms with E-state index in [-0.39, 0.29) is 5.70 Å². The molecule has 0 saturated heterocycles. The van der Waals surface area contributed by atoms with E-state index in [0.717, 1.165) is 27.4 Å². The van der Waals surface area contributed by atoms with E-state index >= 15 is 0 Å². The quantitative estimate of drug-likeness (QED) is 0.771. The van der Waals surface area contributed by atoms with Crippen LogP contribution in [0.2, 0.25) is 0 Å². The molecule has 0 unspecified atom stereocenters. The van der Waals surface area contributed by atoms with Crippen LogP contribution in [0.5, 0.6) is 0 Å². The summed E-state index contributed by atoms with van der Waals surface area (Å²) in [4.78, 5) is 13.4. The van der Waals surface area contributed by atoms with E-state index in [1.807, 2.05) is 24.4 Å². The highest BCUT2D eigenvalue weighted by atomic mass is 19.4. The number of allylic oxidation sites excluding steroid dienone is 1. The van der Waals surface area contributed by atoms with Crippen molar-refractivity contribution in [3.8, 4) is 0 Å². The fraction of sp³-hybridized carbons (Fsp3) is 0.222. The molecule has 25 heavy (non-hydrogen) atoms. The van der Waals surface area contributed by atoms with Gasteiger partial charge < -0.3 is 9.88 Å². The number of H-pyrrole nitrogens is 1. The second-order valence-corrected chi connectivity index (χ2v) is 6.09. The van der Waals surface area contributed by atoms with Gasteiger partial charge in [0, 0.05) is 42.0 Å². The second-order valence-electron chi connectivity index (χ2n) is 6.09. The first-order valence-electron chi connectivity index (χ1n) is 7.82. The smallest absolute Gasteiger partial charge is 0.367 e. The molecule has 1 aliphatic rings. The topological polar surface area (TPSA) is 44.8 Å². The Kier molecular flexibility index (Phi) is 3.52. The zero-order valence-electron chi connectivity index (χ0n) is 13.3. The molecule has 0 amide bonds. The van der Waals surface area contributed by atoms with Crippen molar-refractivity contribution in [1.29, 1.82) is 0 Å². The minimum absolute atomic E-state index is 0.0901. The van der Waals surface area contributed by atoms with Gasteiger partial charge in [0.15, 0.2) is 5.65 Å². The summed E-state index contributed by atoms with van der Waals surface area (Å²) in [6, 6.07) is 3.84. The molecule has 0 radical (unpaired) electrons. The maximum Gasteiger partial charge on any atom is 0.394 e. The largest absolute Gasteiger partial charge is 0.394 e. The van der Waals surface area contributed by atoms with E-state index < -0.39 is 12.6 Å². The molecule has 0 aromatic carbocycles. The van der Waals surface area contributed by atoms with Gasteiger partial charge in [-0.1, -0.05) is 12.7 Å². The first kappa shape index (κ1) is 15.7. The zero-order chi connectivity index (χ0) is 17.6. The Morgan fingerprint density at radius 3 is 2.92 bits per heavy atom. The van der Waals surface area contributed by atoms with Gasteiger partial charge in [-0.3, -0.25) is 0 Å². The third-order valence-electron chi connectivity index (χ3n) is 4.41. The van der Waals surface area contributed by atoms with Crippen LogP contribution in [0.25, 0.3) is 27.5 Å². The van der Waals surface area contributed by atoms with Gasteiger partial charge in [-0.15, -0.1) is 0 Å². The van der Waals surface area contributed by atoms with Crippen molar-refractivity contribution >= 4 is 27.5 Å². The van der Waals surface area contributed by atoms with E-state index in [9.17, 15) is 13.2 Å². The van der Waals surface area contributed by atoms with E-state index in [4.69, 9.17) is 0 Å². The van der Waals surface area contributed by atoms with E-state index in [2.05, 4.69) is 21.5 Å². The predicted octanol–water partition coefficient (Wildman–Crippen LogP) is 4.28. The lowest BCUT2D eigenvalue weighted by Gasteiger charge is -2.22. The summed E-state index contributed by atoms with van der Waals surface area (Å²) in [7, 11) is 0. The molecule has 0 aliphatic carbocycles. The first-order chi connectivity index (χ1) is 11.9. The SMILES string of the molecule is C=C(CC(F)(F)F)N1CC=C(c2cc[nH]c3cnc4nccc4c23)C1. The number of hydrogen-bond acceptors (Lipinski definition) is 3. The molecule has 1 aliphatic heterocycles. The van der Waals surface area contributed by atoms with Crippen LogP contribution in [0.1, 0.15) is 12.0 Å². The number of fused-ring (bicyclic) bond motifs is 3. The molecule has 3 aromatic rings. The summed E-state index contributed by atoms with van der Waals surface area (Å²) in [6.45, 7) is 4.44. The molecule has 0 atom stereocenters. The summed E-state index contributed by atoms with van der Waals surface area (Å²) in [5.41, 5.74) is 3.58. The van der Waals surface area contributed by atoms with Crippen molar-refractivity contribution < 1.29 is 13.2 Å². The van der Waals surface area contributed by atoms with Gasteiger partial charge in [0.2, 0.25) is 0 Å². The number of aromatic amines is 1. The van der Waals surface area contributed by atoms with Gasteiger partial charge in [-0.05, 0) is 23.3 Å². The molecule has 1 N–H and O–H groups in total. The molecule has 0 saturated carbocycles. The molecule has 128 valence electrons. The van der Waals surface area contributed by atoms with Gasteiger partial charge in [0.25, 0.3) is 0 Å². The molecule has 4 rings (SSSR count). The number of aromatic nitrogens is 3. The lowest BCUT2D eigenvalue weighted by atomic mass is 10.0. The highest BCUT2D eigenvalue weighted by Crippen LogP contribution is 2.34. The molecule has 4 nitrogen and oxygen atoms in total. The first-order valence-corrected chi connectivity index (χ1v) is 7.82. The van der Waals surface area contributed by atoms with Crippen LogP contribution >= 0.6 is 0 Å². The Morgan fingerprint density at radius 1 is 1.28 bits per heavy atom. The third kappa shape index (κ3) is 2.86. The van der Waals surface area contributed by atoms with Crippen LogP contribution < -0.4 is 0 Å². The molecule has 4 heterocycles. The Morgan fingerprint density at radius 2 is 2.12 bits per heavy atom. The van der Waals surface area contributed by atoms with E-state index in [1.54, 1.807) is 17.3 Å². The summed E-state index contributed by atoms with van der Waals surface area (Å²) >= 11 is 0. The van der Waals surface area contributed by atoms with Gasteiger partial charge in [0.05, 0.1) is 18.1 Å². The highest BCUT2D eigenvalue weighted by molar-refractivity contribution is 6.08. The fourth-order valence-electron chi connectivity index (χ4n) is 3.26. The van der Waals surface area contributed by atoms with E-state index in [0.29, 0.717) is 18.7 Å². The normalized spacial score (nSPS) is 15.2. The average Bonchev–Trinajstić information content (AvgIpc) is 3.22. The van der Waals surface area contributed by atoms with Crippen molar-refractivity contribution in [2.24, 2.45) is 0 Å². The number of pyridine rings is 2. The molecule has 0 spiro atoms. The lowest BCUT2D eigenvalue weighted by Crippen LogP contribution is -2.23. The van der Waals surface area contributed by atoms with Crippen LogP contribution in [-0.2, 0) is 0 Å². The Bertz CT molecular complexity index is 1000. The van der Waals surface area contributed by atoms with Gasteiger partial charge >= 0.3 is 6.18 Å². The Hall–Kier alpha value is -2.83. The maximum atomic E-state index is 12.6. The van der Waals surface area contributed by atoms with Gasteiger partial charge in [0.1, 0.15) is 0 Å². The van der Waals surface area contributed by atoms with Crippen LogP contribution in [0.3, 0.4) is 0 Å². The summed E-state index contributed by atoms with van der Waals surface area (Å²) in [5.74, 6) is 0. The lowest BCUT2D eigenvalue weighted by molar-refractivity contribution is -0.130. The van der Waals surface area contributed by atoms with Crippen LogP contribution in [0.15, 0.2) is 49.1 Å². The molecular formula is C18H15F3N4. The second kappa shape index (κ2) is 5.61. The minimum Gasteiger partial charge on any atom is -0.367 e. The molecular weight excluding hydrogens is 329 g/mol.